The van der Waals surface area contributed by atoms with E-state index in [0.717, 1.165) is 23.8 Å². The van der Waals surface area contributed by atoms with Crippen LogP contribution in [0.5, 0.6) is 0 Å². The number of urea groups is 1. The van der Waals surface area contributed by atoms with Crippen molar-refractivity contribution in [3.63, 3.8) is 0 Å². The SMILES string of the molecule is CNC(=O)N(CC[C@H](N)CF)C(c1nc(-c2cc(F)ccc2F)nn1Cc1ccccc1)C(C)(C)C. The highest BCUT2D eigenvalue weighted by Gasteiger charge is 2.39. The molecule has 0 aliphatic heterocycles. The van der Waals surface area contributed by atoms with E-state index in [9.17, 15) is 18.0 Å². The number of nitrogens with two attached hydrogens (primary N) is 1. The van der Waals surface area contributed by atoms with E-state index in [0.29, 0.717) is 5.82 Å². The first-order chi connectivity index (χ1) is 17.0. The summed E-state index contributed by atoms with van der Waals surface area (Å²) < 4.78 is 43.4. The van der Waals surface area contributed by atoms with Crippen LogP contribution in [0.2, 0.25) is 0 Å². The predicted octanol–water partition coefficient (Wildman–Crippen LogP) is 4.69. The van der Waals surface area contributed by atoms with Crippen molar-refractivity contribution < 1.29 is 18.0 Å². The fourth-order valence-corrected chi connectivity index (χ4v) is 4.08. The molecule has 194 valence electrons. The van der Waals surface area contributed by atoms with Crippen LogP contribution < -0.4 is 11.1 Å². The monoisotopic (exact) mass is 502 g/mol. The van der Waals surface area contributed by atoms with Gasteiger partial charge in [0.15, 0.2) is 11.6 Å². The number of alkyl halides is 1. The van der Waals surface area contributed by atoms with Gasteiger partial charge < -0.3 is 16.0 Å². The van der Waals surface area contributed by atoms with Gasteiger partial charge in [-0.25, -0.2) is 27.6 Å². The Morgan fingerprint density at radius 2 is 1.86 bits per heavy atom. The maximum atomic E-state index is 14.7. The molecule has 0 saturated carbocycles. The molecule has 2 aromatic carbocycles. The molecule has 3 rings (SSSR count). The minimum Gasteiger partial charge on any atom is -0.341 e. The van der Waals surface area contributed by atoms with Crippen LogP contribution >= 0.6 is 0 Å². The first kappa shape index (κ1) is 27.2. The Balaban J connectivity index is 2.18. The van der Waals surface area contributed by atoms with E-state index < -0.39 is 41.8 Å². The van der Waals surface area contributed by atoms with Crippen LogP contribution in [-0.2, 0) is 6.54 Å². The van der Waals surface area contributed by atoms with Gasteiger partial charge in [0.25, 0.3) is 0 Å². The minimum absolute atomic E-state index is 0.00416. The summed E-state index contributed by atoms with van der Waals surface area (Å²) in [6.07, 6.45) is 0.231. The van der Waals surface area contributed by atoms with Gasteiger partial charge >= 0.3 is 6.03 Å². The third-order valence-electron chi connectivity index (χ3n) is 5.84. The predicted molar refractivity (Wildman–Crippen MR) is 133 cm³/mol. The van der Waals surface area contributed by atoms with Crippen molar-refractivity contribution in [1.82, 2.24) is 25.0 Å². The summed E-state index contributed by atoms with van der Waals surface area (Å²) >= 11 is 0. The Morgan fingerprint density at radius 1 is 1.17 bits per heavy atom. The van der Waals surface area contributed by atoms with E-state index in [1.807, 2.05) is 51.1 Å². The Kier molecular flexibility index (Phi) is 8.73. The van der Waals surface area contributed by atoms with Gasteiger partial charge in [0.1, 0.15) is 18.3 Å². The number of halogens is 3. The summed E-state index contributed by atoms with van der Waals surface area (Å²) in [5.41, 5.74) is 6.07. The first-order valence-corrected chi connectivity index (χ1v) is 11.8. The smallest absolute Gasteiger partial charge is 0.317 e. The molecule has 0 fully saturated rings. The van der Waals surface area contributed by atoms with Crippen LogP contribution in [0.25, 0.3) is 11.4 Å². The lowest BCUT2D eigenvalue weighted by atomic mass is 9.84. The van der Waals surface area contributed by atoms with Gasteiger partial charge in [0.2, 0.25) is 0 Å². The largest absolute Gasteiger partial charge is 0.341 e. The molecule has 0 spiro atoms. The average molecular weight is 503 g/mol. The number of amides is 2. The second-order valence-electron chi connectivity index (χ2n) is 9.78. The molecule has 36 heavy (non-hydrogen) atoms. The molecule has 7 nitrogen and oxygen atoms in total. The molecule has 0 radical (unpaired) electrons. The minimum atomic E-state index is -0.725. The highest BCUT2D eigenvalue weighted by atomic mass is 19.1. The van der Waals surface area contributed by atoms with Gasteiger partial charge in [-0.05, 0) is 35.6 Å². The van der Waals surface area contributed by atoms with Crippen molar-refractivity contribution in [3.8, 4) is 11.4 Å². The number of hydrogen-bond donors (Lipinski definition) is 2. The highest BCUT2D eigenvalue weighted by Crippen LogP contribution is 2.38. The molecule has 0 aliphatic rings. The van der Waals surface area contributed by atoms with Gasteiger partial charge in [-0.1, -0.05) is 51.1 Å². The number of carbonyl (C=O) groups excluding carboxylic acids is 1. The van der Waals surface area contributed by atoms with Crippen LogP contribution in [0.15, 0.2) is 48.5 Å². The fourth-order valence-electron chi connectivity index (χ4n) is 4.08. The zero-order valence-electron chi connectivity index (χ0n) is 21.0. The van der Waals surface area contributed by atoms with Crippen LogP contribution in [-0.4, -0.2) is 52.0 Å². The third-order valence-corrected chi connectivity index (χ3v) is 5.84. The number of carbonyl (C=O) groups is 1. The maximum absolute atomic E-state index is 14.7. The van der Waals surface area contributed by atoms with Crippen molar-refractivity contribution in [2.24, 2.45) is 11.1 Å². The first-order valence-electron chi connectivity index (χ1n) is 11.8. The highest BCUT2D eigenvalue weighted by molar-refractivity contribution is 5.74. The third kappa shape index (κ3) is 6.42. The second-order valence-corrected chi connectivity index (χ2v) is 9.78. The summed E-state index contributed by atoms with van der Waals surface area (Å²) in [4.78, 5) is 19.2. The summed E-state index contributed by atoms with van der Waals surface area (Å²) in [5, 5.41) is 7.19. The van der Waals surface area contributed by atoms with Crippen LogP contribution in [0.1, 0.15) is 44.6 Å². The van der Waals surface area contributed by atoms with E-state index >= 15 is 0 Å². The quantitative estimate of drug-likeness (QED) is 0.444. The van der Waals surface area contributed by atoms with Gasteiger partial charge in [0, 0.05) is 19.6 Å². The molecular formula is C26H33F3N6O. The molecule has 0 bridgehead atoms. The molecule has 10 heteroatoms. The van der Waals surface area contributed by atoms with E-state index in [1.165, 1.54) is 7.05 Å². The standard InChI is InChI=1S/C26H33F3N6O/c1-26(2,3)22(34(25(36)31-4)13-12-19(30)15-27)24-32-23(20-14-18(28)10-11-21(20)29)33-35(24)16-17-8-6-5-7-9-17/h5-11,14,19,22H,12-13,15-16,30H2,1-4H3,(H,31,36)/t19-,22?/m0/s1. The fraction of sp³-hybridized carbons (Fsp3) is 0.423. The Bertz CT molecular complexity index is 1160. The average Bonchev–Trinajstić information content (AvgIpc) is 3.24. The van der Waals surface area contributed by atoms with Gasteiger partial charge in [-0.15, -0.1) is 0 Å². The van der Waals surface area contributed by atoms with Crippen LogP contribution in [0, 0.1) is 17.0 Å². The lowest BCUT2D eigenvalue weighted by molar-refractivity contribution is 0.105. The number of aromatic nitrogens is 3. The van der Waals surface area contributed by atoms with Crippen molar-refractivity contribution in [2.45, 2.75) is 45.8 Å². The summed E-state index contributed by atoms with van der Waals surface area (Å²) in [6.45, 7) is 5.55. The molecule has 0 saturated heterocycles. The van der Waals surface area contributed by atoms with E-state index in [2.05, 4.69) is 15.4 Å². The summed E-state index contributed by atoms with van der Waals surface area (Å²) in [7, 11) is 1.51. The summed E-state index contributed by atoms with van der Waals surface area (Å²) in [6, 6.07) is 10.8. The lowest BCUT2D eigenvalue weighted by Crippen LogP contribution is -2.47. The van der Waals surface area contributed by atoms with Gasteiger partial charge in [0.05, 0.1) is 18.2 Å². The number of rotatable bonds is 9. The Morgan fingerprint density at radius 3 is 2.47 bits per heavy atom. The molecule has 1 aromatic heterocycles. The van der Waals surface area contributed by atoms with E-state index in [-0.39, 0.29) is 30.9 Å². The van der Waals surface area contributed by atoms with E-state index in [4.69, 9.17) is 5.73 Å². The lowest BCUT2D eigenvalue weighted by Gasteiger charge is -2.39. The molecule has 2 atom stereocenters. The second kappa shape index (κ2) is 11.6. The number of benzene rings is 2. The van der Waals surface area contributed by atoms with Crippen LogP contribution in [0.4, 0.5) is 18.0 Å². The van der Waals surface area contributed by atoms with Crippen molar-refractivity contribution in [2.75, 3.05) is 20.3 Å². The molecule has 3 N–H and O–H groups in total. The van der Waals surface area contributed by atoms with Crippen molar-refractivity contribution in [1.29, 1.82) is 0 Å². The molecular weight excluding hydrogens is 469 g/mol. The zero-order chi connectivity index (χ0) is 26.5. The normalized spacial score (nSPS) is 13.3. The summed E-state index contributed by atoms with van der Waals surface area (Å²) in [5.74, 6) is -0.886. The van der Waals surface area contributed by atoms with Crippen molar-refractivity contribution >= 4 is 6.03 Å². The van der Waals surface area contributed by atoms with Gasteiger partial charge in [-0.3, -0.25) is 0 Å². The Hall–Kier alpha value is -3.40. The number of hydrogen-bond acceptors (Lipinski definition) is 4. The molecule has 3 aromatic rings. The topological polar surface area (TPSA) is 89.1 Å². The molecule has 0 aliphatic carbocycles. The number of nitrogens with one attached hydrogen (secondary N) is 1. The van der Waals surface area contributed by atoms with Crippen molar-refractivity contribution in [3.05, 3.63) is 71.6 Å². The molecule has 1 unspecified atom stereocenters. The maximum Gasteiger partial charge on any atom is 0.317 e. The zero-order valence-corrected chi connectivity index (χ0v) is 21.0. The Labute approximate surface area is 209 Å². The van der Waals surface area contributed by atoms with E-state index in [1.54, 1.807) is 9.58 Å². The van der Waals surface area contributed by atoms with Gasteiger partial charge in [-0.2, -0.15) is 5.10 Å². The molecule has 1 heterocycles. The molecule has 2 amide bonds. The number of nitrogens with zero attached hydrogens (tertiary/aromatic N) is 4. The van der Waals surface area contributed by atoms with Crippen LogP contribution in [0.3, 0.4) is 0 Å².